The molecule has 12 heavy (non-hydrogen) atoms. The number of carbonyl (C=O) groups excluding carboxylic acids is 1. The monoisotopic (exact) mass is 290 g/mol. The number of carboxylic acid groups (broad SMARTS) is 1. The first-order valence-electron chi connectivity index (χ1n) is 4.47. The van der Waals surface area contributed by atoms with Crippen LogP contribution in [0.5, 0.6) is 0 Å². The molecule has 0 rings (SSSR count). The molecule has 0 aromatic carbocycles. The molecule has 3 heteroatoms. The van der Waals surface area contributed by atoms with E-state index in [4.69, 9.17) is 0 Å². The minimum Gasteiger partial charge on any atom is -0.550 e. The van der Waals surface area contributed by atoms with Gasteiger partial charge in [0, 0.05) is 5.97 Å². The Balaban J connectivity index is 0. The maximum atomic E-state index is 9.98. The molecule has 0 aromatic rings. The number of aliphatic carboxylic acids is 1. The van der Waals surface area contributed by atoms with Gasteiger partial charge in [0.25, 0.3) is 0 Å². The first kappa shape index (κ1) is 16.0. The zero-order valence-corrected chi connectivity index (χ0v) is 14.5. The third kappa shape index (κ3) is 14.1. The van der Waals surface area contributed by atoms with Gasteiger partial charge in [0.05, 0.1) is 0 Å². The van der Waals surface area contributed by atoms with E-state index in [1.165, 1.54) is 25.7 Å². The predicted octanol–water partition coefficient (Wildman–Crippen LogP) is -1.51. The van der Waals surface area contributed by atoms with Crippen LogP contribution in [0.4, 0.5) is 0 Å². The Morgan fingerprint density at radius 1 is 1.08 bits per heavy atom. The molecule has 0 saturated carbocycles. The largest absolute Gasteiger partial charge is 1.00 e. The fourth-order valence-electron chi connectivity index (χ4n) is 1.05. The third-order valence-corrected chi connectivity index (χ3v) is 1.73. The maximum Gasteiger partial charge on any atom is 1.00 e. The standard InChI is InChI=1S/C9H18O2.Cs/c1-2-3-4-5-6-7-8-9(10)11;/h2-8H2,1H3,(H,10,11);/q;+1/p-1. The third-order valence-electron chi connectivity index (χ3n) is 1.73. The van der Waals surface area contributed by atoms with Crippen LogP contribution in [-0.4, -0.2) is 5.97 Å². The van der Waals surface area contributed by atoms with Crippen molar-refractivity contribution in [3.63, 3.8) is 0 Å². The Hall–Kier alpha value is 1.52. The van der Waals surface area contributed by atoms with Crippen molar-refractivity contribution in [2.24, 2.45) is 0 Å². The Kier molecular flexibility index (Phi) is 16.7. The smallest absolute Gasteiger partial charge is 0.550 e. The molecule has 2 nitrogen and oxygen atoms in total. The zero-order valence-electron chi connectivity index (χ0n) is 8.27. The molecule has 0 bridgehead atoms. The summed E-state index contributed by atoms with van der Waals surface area (Å²) in [5, 5.41) is 9.98. The summed E-state index contributed by atoms with van der Waals surface area (Å²) in [6.45, 7) is 2.17. The molecular weight excluding hydrogens is 273 g/mol. The number of rotatable bonds is 7. The first-order valence-corrected chi connectivity index (χ1v) is 4.47. The summed E-state index contributed by atoms with van der Waals surface area (Å²) >= 11 is 0. The minimum atomic E-state index is -0.916. The normalized spacial score (nSPS) is 9.08. The molecule has 0 aliphatic rings. The molecule has 0 heterocycles. The van der Waals surface area contributed by atoms with E-state index in [-0.39, 0.29) is 75.3 Å². The van der Waals surface area contributed by atoms with Crippen LogP contribution in [0.2, 0.25) is 0 Å². The average molecular weight is 290 g/mol. The van der Waals surface area contributed by atoms with E-state index in [2.05, 4.69) is 6.92 Å². The van der Waals surface area contributed by atoms with Crippen LogP contribution in [-0.2, 0) is 4.79 Å². The van der Waals surface area contributed by atoms with Crippen molar-refractivity contribution < 1.29 is 78.8 Å². The summed E-state index contributed by atoms with van der Waals surface area (Å²) in [6, 6.07) is 0. The average Bonchev–Trinajstić information content (AvgIpc) is 1.96. The van der Waals surface area contributed by atoms with E-state index < -0.39 is 5.97 Å². The molecular formula is C9H17CsO2. The Bertz CT molecular complexity index is 105. The summed E-state index contributed by atoms with van der Waals surface area (Å²) in [6.07, 6.45) is 6.96. The molecule has 0 radical (unpaired) electrons. The van der Waals surface area contributed by atoms with Crippen molar-refractivity contribution in [3.8, 4) is 0 Å². The molecule has 66 valence electrons. The summed E-state index contributed by atoms with van der Waals surface area (Å²) in [4.78, 5) is 9.98. The van der Waals surface area contributed by atoms with Crippen molar-refractivity contribution in [2.45, 2.75) is 51.9 Å². The molecule has 0 N–H and O–H groups in total. The topological polar surface area (TPSA) is 40.1 Å². The van der Waals surface area contributed by atoms with Crippen molar-refractivity contribution in [3.05, 3.63) is 0 Å². The van der Waals surface area contributed by atoms with Crippen LogP contribution in [0.25, 0.3) is 0 Å². The molecule has 0 saturated heterocycles. The molecule has 0 unspecified atom stereocenters. The number of hydrogen-bond acceptors (Lipinski definition) is 2. The van der Waals surface area contributed by atoms with E-state index in [1.807, 2.05) is 0 Å². The minimum absolute atomic E-state index is 0. The fraction of sp³-hybridized carbons (Fsp3) is 0.889. The van der Waals surface area contributed by atoms with Gasteiger partial charge < -0.3 is 9.90 Å². The van der Waals surface area contributed by atoms with Crippen molar-refractivity contribution in [1.82, 2.24) is 0 Å². The van der Waals surface area contributed by atoms with Crippen LogP contribution in [0.15, 0.2) is 0 Å². The second-order valence-corrected chi connectivity index (χ2v) is 2.89. The Morgan fingerprint density at radius 3 is 2.08 bits per heavy atom. The van der Waals surface area contributed by atoms with Gasteiger partial charge in [-0.1, -0.05) is 39.0 Å². The van der Waals surface area contributed by atoms with E-state index >= 15 is 0 Å². The van der Waals surface area contributed by atoms with Crippen LogP contribution in [0, 0.1) is 0 Å². The van der Waals surface area contributed by atoms with Crippen molar-refractivity contribution in [1.29, 1.82) is 0 Å². The molecule has 0 aliphatic heterocycles. The van der Waals surface area contributed by atoms with Gasteiger partial charge in [-0.25, -0.2) is 0 Å². The second kappa shape index (κ2) is 12.5. The van der Waals surface area contributed by atoms with Gasteiger partial charge in [-0.3, -0.25) is 0 Å². The van der Waals surface area contributed by atoms with E-state index in [0.717, 1.165) is 12.8 Å². The van der Waals surface area contributed by atoms with E-state index in [0.29, 0.717) is 0 Å². The van der Waals surface area contributed by atoms with Gasteiger partial charge in [0.1, 0.15) is 0 Å². The second-order valence-electron chi connectivity index (χ2n) is 2.89. The Labute approximate surface area is 134 Å². The maximum absolute atomic E-state index is 9.98. The van der Waals surface area contributed by atoms with Crippen LogP contribution < -0.4 is 74.0 Å². The van der Waals surface area contributed by atoms with Gasteiger partial charge in [0.15, 0.2) is 0 Å². The fourth-order valence-corrected chi connectivity index (χ4v) is 1.05. The number of carboxylic acids is 1. The van der Waals surface area contributed by atoms with Crippen LogP contribution >= 0.6 is 0 Å². The molecule has 0 amide bonds. The number of hydrogen-bond donors (Lipinski definition) is 0. The predicted molar refractivity (Wildman–Crippen MR) is 43.0 cm³/mol. The summed E-state index contributed by atoms with van der Waals surface area (Å²) in [5.41, 5.74) is 0. The first-order chi connectivity index (χ1) is 5.27. The Morgan fingerprint density at radius 2 is 1.58 bits per heavy atom. The number of carbonyl (C=O) groups is 1. The van der Waals surface area contributed by atoms with Crippen molar-refractivity contribution >= 4 is 5.97 Å². The molecule has 0 atom stereocenters. The quantitative estimate of drug-likeness (QED) is 0.535. The van der Waals surface area contributed by atoms with Crippen molar-refractivity contribution in [2.75, 3.05) is 0 Å². The van der Waals surface area contributed by atoms with Gasteiger partial charge in [0.2, 0.25) is 0 Å². The summed E-state index contributed by atoms with van der Waals surface area (Å²) in [7, 11) is 0. The van der Waals surface area contributed by atoms with E-state index in [9.17, 15) is 9.90 Å². The molecule has 0 spiro atoms. The van der Waals surface area contributed by atoms with Gasteiger partial charge in [-0.05, 0) is 12.8 Å². The van der Waals surface area contributed by atoms with Gasteiger partial charge in [-0.2, -0.15) is 0 Å². The number of unbranched alkanes of at least 4 members (excludes halogenated alkanes) is 5. The van der Waals surface area contributed by atoms with Crippen LogP contribution in [0.3, 0.4) is 0 Å². The summed E-state index contributed by atoms with van der Waals surface area (Å²) in [5.74, 6) is -0.916. The molecule has 0 aromatic heterocycles. The van der Waals surface area contributed by atoms with Gasteiger partial charge >= 0.3 is 68.9 Å². The van der Waals surface area contributed by atoms with E-state index in [1.54, 1.807) is 0 Å². The SMILES string of the molecule is CCCCCCCCC(=O)[O-].[Cs+]. The van der Waals surface area contributed by atoms with Crippen LogP contribution in [0.1, 0.15) is 51.9 Å². The molecule has 0 fully saturated rings. The molecule has 0 aliphatic carbocycles. The summed E-state index contributed by atoms with van der Waals surface area (Å²) < 4.78 is 0. The zero-order chi connectivity index (χ0) is 8.53. The van der Waals surface area contributed by atoms with Gasteiger partial charge in [-0.15, -0.1) is 0 Å².